The summed E-state index contributed by atoms with van der Waals surface area (Å²) < 4.78 is 17.0. The summed E-state index contributed by atoms with van der Waals surface area (Å²) in [5.41, 5.74) is 3.24. The molecule has 2 amide bonds. The van der Waals surface area contributed by atoms with Crippen LogP contribution in [0, 0.1) is 0 Å². The number of para-hydroxylation sites is 1. The van der Waals surface area contributed by atoms with Crippen LogP contribution in [0.5, 0.6) is 17.2 Å². The summed E-state index contributed by atoms with van der Waals surface area (Å²) in [6.45, 7) is 6.84. The Balaban J connectivity index is 1.40. The molecular formula is C28H31N3O5. The lowest BCUT2D eigenvalue weighted by Gasteiger charge is -2.15. The third-order valence-electron chi connectivity index (χ3n) is 5.61. The molecule has 0 aliphatic carbocycles. The van der Waals surface area contributed by atoms with Crippen molar-refractivity contribution in [2.45, 2.75) is 33.3 Å². The maximum Gasteiger partial charge on any atom is 0.257 e. The predicted octanol–water partition coefficient (Wildman–Crippen LogP) is 5.11. The van der Waals surface area contributed by atoms with Crippen LogP contribution < -0.4 is 30.2 Å². The number of amides is 2. The molecule has 3 aromatic carbocycles. The van der Waals surface area contributed by atoms with Gasteiger partial charge in [-0.25, -0.2) is 0 Å². The molecule has 0 aromatic heterocycles. The van der Waals surface area contributed by atoms with E-state index in [1.807, 2.05) is 26.8 Å². The zero-order valence-electron chi connectivity index (χ0n) is 20.7. The molecule has 1 atom stereocenters. The van der Waals surface area contributed by atoms with Gasteiger partial charge < -0.3 is 30.2 Å². The minimum Gasteiger partial charge on any atom is -0.494 e. The molecule has 8 nitrogen and oxygen atoms in total. The first-order chi connectivity index (χ1) is 17.5. The van der Waals surface area contributed by atoms with Gasteiger partial charge >= 0.3 is 0 Å². The van der Waals surface area contributed by atoms with Gasteiger partial charge in [0.05, 0.1) is 31.0 Å². The lowest BCUT2D eigenvalue weighted by molar-refractivity contribution is -0.114. The van der Waals surface area contributed by atoms with Gasteiger partial charge in [-0.15, -0.1) is 0 Å². The normalized spacial score (nSPS) is 13.8. The van der Waals surface area contributed by atoms with Gasteiger partial charge in [0.15, 0.2) is 0 Å². The van der Waals surface area contributed by atoms with Gasteiger partial charge in [0.25, 0.3) is 5.91 Å². The first kappa shape index (κ1) is 24.9. The summed E-state index contributed by atoms with van der Waals surface area (Å²) in [5.74, 6) is 1.54. The van der Waals surface area contributed by atoms with Crippen molar-refractivity contribution in [2.24, 2.45) is 0 Å². The number of ether oxygens (including phenoxy) is 3. The lowest BCUT2D eigenvalue weighted by atomic mass is 10.1. The molecule has 0 saturated carbocycles. The fourth-order valence-electron chi connectivity index (χ4n) is 4.02. The van der Waals surface area contributed by atoms with E-state index in [0.717, 1.165) is 23.5 Å². The summed E-state index contributed by atoms with van der Waals surface area (Å²) >= 11 is 0. The Morgan fingerprint density at radius 1 is 0.944 bits per heavy atom. The second-order valence-electron chi connectivity index (χ2n) is 8.38. The molecule has 1 heterocycles. The molecule has 0 spiro atoms. The summed E-state index contributed by atoms with van der Waals surface area (Å²) in [7, 11) is 0. The van der Waals surface area contributed by atoms with Crippen molar-refractivity contribution in [1.82, 2.24) is 0 Å². The van der Waals surface area contributed by atoms with Crippen molar-refractivity contribution in [3.63, 3.8) is 0 Å². The first-order valence-electron chi connectivity index (χ1n) is 12.1. The topological polar surface area (TPSA) is 97.9 Å². The quantitative estimate of drug-likeness (QED) is 0.366. The molecule has 0 bridgehead atoms. The number of nitrogens with one attached hydrogen (secondary N) is 3. The summed E-state index contributed by atoms with van der Waals surface area (Å²) in [6.07, 6.45) is 0.896. The number of anilines is 3. The highest BCUT2D eigenvalue weighted by Gasteiger charge is 2.22. The average molecular weight is 490 g/mol. The highest BCUT2D eigenvalue weighted by atomic mass is 16.5. The van der Waals surface area contributed by atoms with E-state index < -0.39 is 0 Å². The molecule has 0 fully saturated rings. The van der Waals surface area contributed by atoms with Crippen molar-refractivity contribution in [3.8, 4) is 17.2 Å². The molecule has 188 valence electrons. The van der Waals surface area contributed by atoms with Crippen molar-refractivity contribution >= 4 is 28.9 Å². The molecule has 4 rings (SSSR count). The van der Waals surface area contributed by atoms with Crippen LogP contribution in [0.1, 0.15) is 36.7 Å². The van der Waals surface area contributed by atoms with Crippen molar-refractivity contribution in [3.05, 3.63) is 71.8 Å². The Labute approximate surface area is 211 Å². The van der Waals surface area contributed by atoms with E-state index in [1.165, 1.54) is 0 Å². The number of rotatable bonds is 10. The molecule has 1 aliphatic rings. The smallest absolute Gasteiger partial charge is 0.257 e. The first-order valence-corrected chi connectivity index (χ1v) is 12.1. The van der Waals surface area contributed by atoms with Gasteiger partial charge in [-0.05, 0) is 63.2 Å². The van der Waals surface area contributed by atoms with E-state index in [4.69, 9.17) is 14.2 Å². The molecule has 0 radical (unpaired) electrons. The van der Waals surface area contributed by atoms with Gasteiger partial charge in [0.1, 0.15) is 23.4 Å². The number of fused-ring (bicyclic) bond motifs is 1. The number of carbonyl (C=O) groups is 2. The fraction of sp³-hybridized carbons (Fsp3) is 0.286. The Hall–Kier alpha value is -4.20. The van der Waals surface area contributed by atoms with E-state index in [0.29, 0.717) is 41.6 Å². The average Bonchev–Trinajstić information content (AvgIpc) is 3.23. The summed E-state index contributed by atoms with van der Waals surface area (Å²) in [5, 5.41) is 8.85. The van der Waals surface area contributed by atoms with Gasteiger partial charge in [-0.1, -0.05) is 12.1 Å². The minimum absolute atomic E-state index is 0.0345. The summed E-state index contributed by atoms with van der Waals surface area (Å²) in [4.78, 5) is 25.7. The third kappa shape index (κ3) is 6.07. The van der Waals surface area contributed by atoms with Crippen LogP contribution in [0.15, 0.2) is 60.7 Å². The van der Waals surface area contributed by atoms with Crippen LogP contribution in [-0.2, 0) is 11.2 Å². The second kappa shape index (κ2) is 11.5. The van der Waals surface area contributed by atoms with Crippen LogP contribution in [0.3, 0.4) is 0 Å². The second-order valence-corrected chi connectivity index (χ2v) is 8.38. The van der Waals surface area contributed by atoms with Gasteiger partial charge in [0, 0.05) is 29.4 Å². The molecule has 1 aliphatic heterocycles. The zero-order chi connectivity index (χ0) is 25.5. The van der Waals surface area contributed by atoms with Gasteiger partial charge in [-0.2, -0.15) is 0 Å². The summed E-state index contributed by atoms with van der Waals surface area (Å²) in [6, 6.07) is 17.9. The number of hydrogen-bond donors (Lipinski definition) is 3. The van der Waals surface area contributed by atoms with Crippen molar-refractivity contribution < 1.29 is 23.8 Å². The number of benzene rings is 3. The van der Waals surface area contributed by atoms with E-state index >= 15 is 0 Å². The fourth-order valence-corrected chi connectivity index (χ4v) is 4.02. The minimum atomic E-state index is -0.286. The standard InChI is InChI=1S/C28H31N3O5/c1-4-34-21-12-10-20(11-13-21)30-28(33)22-8-6-7-9-23(22)29-17-27(32)31-24-16-25-19(14-18(3)36-25)15-26(24)35-5-2/h6-13,15-16,18,29H,4-5,14,17H2,1-3H3,(H,30,33)(H,31,32)/t18-/m1/s1. The SMILES string of the molecule is CCOc1ccc(NC(=O)c2ccccc2NCC(=O)Nc2cc3c(cc2OCC)C[C@@H](C)O3)cc1. The monoisotopic (exact) mass is 489 g/mol. The molecule has 0 saturated heterocycles. The maximum absolute atomic E-state index is 12.9. The molecular weight excluding hydrogens is 458 g/mol. The van der Waals surface area contributed by atoms with Crippen LogP contribution in [0.25, 0.3) is 0 Å². The van der Waals surface area contributed by atoms with Gasteiger partial charge in [0.2, 0.25) is 5.91 Å². The molecule has 0 unspecified atom stereocenters. The van der Waals surface area contributed by atoms with E-state index in [2.05, 4.69) is 16.0 Å². The highest BCUT2D eigenvalue weighted by Crippen LogP contribution is 2.38. The Morgan fingerprint density at radius 3 is 2.44 bits per heavy atom. The van der Waals surface area contributed by atoms with Crippen molar-refractivity contribution in [1.29, 1.82) is 0 Å². The maximum atomic E-state index is 12.9. The number of carbonyl (C=O) groups excluding carboxylic acids is 2. The van der Waals surface area contributed by atoms with E-state index in [1.54, 1.807) is 54.6 Å². The molecule has 36 heavy (non-hydrogen) atoms. The van der Waals surface area contributed by atoms with Crippen LogP contribution >= 0.6 is 0 Å². The van der Waals surface area contributed by atoms with Gasteiger partial charge in [-0.3, -0.25) is 9.59 Å². The highest BCUT2D eigenvalue weighted by molar-refractivity contribution is 6.08. The van der Waals surface area contributed by atoms with E-state index in [-0.39, 0.29) is 24.5 Å². The van der Waals surface area contributed by atoms with Crippen LogP contribution in [-0.4, -0.2) is 37.7 Å². The van der Waals surface area contributed by atoms with Crippen molar-refractivity contribution in [2.75, 3.05) is 35.7 Å². The van der Waals surface area contributed by atoms with Crippen LogP contribution in [0.2, 0.25) is 0 Å². The lowest BCUT2D eigenvalue weighted by Crippen LogP contribution is -2.23. The Kier molecular flexibility index (Phi) is 7.95. The zero-order valence-corrected chi connectivity index (χ0v) is 20.7. The van der Waals surface area contributed by atoms with E-state index in [9.17, 15) is 9.59 Å². The molecule has 8 heteroatoms. The largest absolute Gasteiger partial charge is 0.494 e. The predicted molar refractivity (Wildman–Crippen MR) is 141 cm³/mol. The number of hydrogen-bond acceptors (Lipinski definition) is 6. The molecule has 3 N–H and O–H groups in total. The Morgan fingerprint density at radius 2 is 1.69 bits per heavy atom. The van der Waals surface area contributed by atoms with Crippen LogP contribution in [0.4, 0.5) is 17.1 Å². The Bertz CT molecular complexity index is 1230. The third-order valence-corrected chi connectivity index (χ3v) is 5.61. The molecule has 3 aromatic rings.